The van der Waals surface area contributed by atoms with Crippen molar-refractivity contribution < 1.29 is 4.79 Å². The molecule has 4 heteroatoms. The lowest BCUT2D eigenvalue weighted by Gasteiger charge is -2.24. The fourth-order valence-corrected chi connectivity index (χ4v) is 6.49. The minimum Gasteiger partial charge on any atom is -0.314 e. The van der Waals surface area contributed by atoms with Gasteiger partial charge in [0.1, 0.15) is 5.41 Å². The van der Waals surface area contributed by atoms with Crippen LogP contribution in [-0.4, -0.2) is 17.4 Å². The number of anilines is 1. The lowest BCUT2D eigenvalue weighted by Crippen LogP contribution is -2.38. The van der Waals surface area contributed by atoms with Crippen LogP contribution in [0.25, 0.3) is 5.57 Å². The number of para-hydroxylation sites is 1. The van der Waals surface area contributed by atoms with Crippen molar-refractivity contribution in [3.05, 3.63) is 68.8 Å². The number of carbonyl (C=O) groups excluding carboxylic acids is 1. The second kappa shape index (κ2) is 6.37. The number of nitrogens with zero attached hydrogens (tertiary/aromatic N) is 1. The van der Waals surface area contributed by atoms with E-state index >= 15 is 0 Å². The van der Waals surface area contributed by atoms with E-state index in [0.717, 1.165) is 16.5 Å². The van der Waals surface area contributed by atoms with Crippen molar-refractivity contribution in [3.63, 3.8) is 0 Å². The first-order chi connectivity index (χ1) is 12.0. The summed E-state index contributed by atoms with van der Waals surface area (Å²) in [5.74, 6) is 0.619. The molecule has 1 spiro atoms. The Morgan fingerprint density at radius 1 is 1.16 bits per heavy atom. The molecule has 1 aliphatic carbocycles. The van der Waals surface area contributed by atoms with Crippen molar-refractivity contribution >= 4 is 62.3 Å². The lowest BCUT2D eigenvalue weighted by atomic mass is 9.80. The van der Waals surface area contributed by atoms with Crippen molar-refractivity contribution in [3.8, 4) is 0 Å². The van der Waals surface area contributed by atoms with Gasteiger partial charge in [-0.15, -0.1) is 0 Å². The van der Waals surface area contributed by atoms with Crippen LogP contribution < -0.4 is 4.90 Å². The van der Waals surface area contributed by atoms with Gasteiger partial charge in [0.15, 0.2) is 0 Å². The summed E-state index contributed by atoms with van der Waals surface area (Å²) in [4.78, 5) is 15.2. The number of rotatable bonds is 2. The number of amides is 1. The van der Waals surface area contributed by atoms with Gasteiger partial charge in [0.05, 0.1) is 0 Å². The molecule has 2 aromatic carbocycles. The SMILES string of the molecule is Cc1ccc(C2=C(I)[C@@]3(C[C@H]2CI)C(=O)N(C)c2ccccc23)cc1. The first kappa shape index (κ1) is 17.5. The molecule has 25 heavy (non-hydrogen) atoms. The summed E-state index contributed by atoms with van der Waals surface area (Å²) in [6.07, 6.45) is 0.873. The van der Waals surface area contributed by atoms with E-state index in [4.69, 9.17) is 0 Å². The Bertz CT molecular complexity index is 887. The highest BCUT2D eigenvalue weighted by atomic mass is 127. The van der Waals surface area contributed by atoms with Crippen LogP contribution in [0.5, 0.6) is 0 Å². The molecule has 1 amide bonds. The molecule has 2 nitrogen and oxygen atoms in total. The van der Waals surface area contributed by atoms with Crippen molar-refractivity contribution in [2.75, 3.05) is 16.4 Å². The van der Waals surface area contributed by atoms with Gasteiger partial charge in [-0.25, -0.2) is 0 Å². The monoisotopic (exact) mass is 555 g/mol. The Hall–Kier alpha value is -0.890. The average molecular weight is 555 g/mol. The lowest BCUT2D eigenvalue weighted by molar-refractivity contribution is -0.121. The molecule has 0 saturated carbocycles. The van der Waals surface area contributed by atoms with Crippen LogP contribution in [0.3, 0.4) is 0 Å². The van der Waals surface area contributed by atoms with E-state index in [1.165, 1.54) is 25.8 Å². The number of benzene rings is 2. The number of allylic oxidation sites excluding steroid dienone is 1. The van der Waals surface area contributed by atoms with Crippen molar-refractivity contribution in [1.82, 2.24) is 0 Å². The topological polar surface area (TPSA) is 20.3 Å². The molecule has 0 saturated heterocycles. The third kappa shape index (κ3) is 2.43. The second-order valence-electron chi connectivity index (χ2n) is 6.94. The summed E-state index contributed by atoms with van der Waals surface area (Å²) in [7, 11) is 1.91. The van der Waals surface area contributed by atoms with Crippen LogP contribution in [0.15, 0.2) is 52.1 Å². The smallest absolute Gasteiger partial charge is 0.242 e. The van der Waals surface area contributed by atoms with Crippen LogP contribution in [0.4, 0.5) is 5.69 Å². The van der Waals surface area contributed by atoms with Gasteiger partial charge in [-0.05, 0) is 64.6 Å². The molecule has 2 atom stereocenters. The normalized spacial score (nSPS) is 25.2. The minimum atomic E-state index is -0.498. The van der Waals surface area contributed by atoms with Gasteiger partial charge < -0.3 is 4.90 Å². The summed E-state index contributed by atoms with van der Waals surface area (Å²) >= 11 is 4.92. The predicted octanol–water partition coefficient (Wildman–Crippen LogP) is 5.51. The van der Waals surface area contributed by atoms with E-state index in [2.05, 4.69) is 94.6 Å². The number of hydrogen-bond acceptors (Lipinski definition) is 1. The zero-order valence-electron chi connectivity index (χ0n) is 14.2. The molecule has 0 aromatic heterocycles. The highest BCUT2D eigenvalue weighted by Crippen LogP contribution is 2.59. The summed E-state index contributed by atoms with van der Waals surface area (Å²) in [6, 6.07) is 17.0. The van der Waals surface area contributed by atoms with E-state index in [1.807, 2.05) is 18.0 Å². The molecule has 1 aliphatic heterocycles. The Balaban J connectivity index is 1.95. The molecule has 1 heterocycles. The largest absolute Gasteiger partial charge is 0.314 e. The highest BCUT2D eigenvalue weighted by molar-refractivity contribution is 14.1. The molecule has 4 rings (SSSR count). The molecular weight excluding hydrogens is 536 g/mol. The van der Waals surface area contributed by atoms with Crippen LogP contribution >= 0.6 is 45.2 Å². The van der Waals surface area contributed by atoms with Gasteiger partial charge in [0, 0.05) is 20.7 Å². The molecular formula is C21H19I2NO. The predicted molar refractivity (Wildman–Crippen MR) is 121 cm³/mol. The first-order valence-corrected chi connectivity index (χ1v) is 11.0. The zero-order chi connectivity index (χ0) is 17.8. The van der Waals surface area contributed by atoms with Crippen molar-refractivity contribution in [1.29, 1.82) is 0 Å². The van der Waals surface area contributed by atoms with E-state index in [9.17, 15) is 4.79 Å². The molecule has 0 radical (unpaired) electrons. The molecule has 0 bridgehead atoms. The Morgan fingerprint density at radius 2 is 1.84 bits per heavy atom. The standard InChI is InChI=1S/C21H19I2NO/c1-13-7-9-14(10-8-13)18-15(12-22)11-21(19(18)23)16-5-3-4-6-17(16)24(2)20(21)25/h3-10,15H,11-12H2,1-2H3/t15-,21-/m0/s1. The van der Waals surface area contributed by atoms with Gasteiger partial charge in [-0.3, -0.25) is 4.79 Å². The van der Waals surface area contributed by atoms with E-state index in [-0.39, 0.29) is 5.91 Å². The van der Waals surface area contributed by atoms with Crippen LogP contribution in [-0.2, 0) is 10.2 Å². The Labute approximate surface area is 176 Å². The minimum absolute atomic E-state index is 0.218. The third-order valence-corrected chi connectivity index (χ3v) is 8.08. The zero-order valence-corrected chi connectivity index (χ0v) is 18.5. The fraction of sp³-hybridized carbons (Fsp3) is 0.286. The Kier molecular flexibility index (Phi) is 4.46. The number of hydrogen-bond donors (Lipinski definition) is 0. The maximum atomic E-state index is 13.4. The molecule has 0 N–H and O–H groups in total. The number of aryl methyl sites for hydroxylation is 1. The van der Waals surface area contributed by atoms with Crippen LogP contribution in [0, 0.1) is 12.8 Å². The van der Waals surface area contributed by atoms with Gasteiger partial charge >= 0.3 is 0 Å². The number of fused-ring (bicyclic) bond motifs is 2. The number of halogens is 2. The van der Waals surface area contributed by atoms with Crippen LogP contribution in [0.1, 0.15) is 23.1 Å². The van der Waals surface area contributed by atoms with E-state index < -0.39 is 5.41 Å². The van der Waals surface area contributed by atoms with Gasteiger partial charge in [0.25, 0.3) is 0 Å². The Morgan fingerprint density at radius 3 is 2.52 bits per heavy atom. The van der Waals surface area contributed by atoms with Gasteiger partial charge in [0.2, 0.25) is 5.91 Å². The number of alkyl halides is 1. The summed E-state index contributed by atoms with van der Waals surface area (Å²) in [5.41, 5.74) is 5.60. The van der Waals surface area contributed by atoms with Crippen molar-refractivity contribution in [2.24, 2.45) is 5.92 Å². The molecule has 0 unspecified atom stereocenters. The van der Waals surface area contributed by atoms with Crippen LogP contribution in [0.2, 0.25) is 0 Å². The third-order valence-electron chi connectivity index (χ3n) is 5.52. The van der Waals surface area contributed by atoms with Gasteiger partial charge in [-0.2, -0.15) is 0 Å². The summed E-state index contributed by atoms with van der Waals surface area (Å²) < 4.78 is 2.23. The van der Waals surface area contributed by atoms with Gasteiger partial charge in [-0.1, -0.05) is 70.6 Å². The molecule has 2 aliphatic rings. The highest BCUT2D eigenvalue weighted by Gasteiger charge is 2.57. The van der Waals surface area contributed by atoms with E-state index in [0.29, 0.717) is 5.92 Å². The first-order valence-electron chi connectivity index (χ1n) is 8.41. The maximum absolute atomic E-state index is 13.4. The molecule has 0 fully saturated rings. The average Bonchev–Trinajstić information content (AvgIpc) is 3.05. The quantitative estimate of drug-likeness (QED) is 0.354. The number of likely N-dealkylation sites (N-methyl/N-ethyl adjacent to an activating group) is 1. The van der Waals surface area contributed by atoms with E-state index in [1.54, 1.807) is 0 Å². The van der Waals surface area contributed by atoms with Crippen molar-refractivity contribution in [2.45, 2.75) is 18.8 Å². The number of carbonyl (C=O) groups is 1. The molecule has 2 aromatic rings. The fourth-order valence-electron chi connectivity index (χ4n) is 4.24. The molecule has 128 valence electrons. The second-order valence-corrected chi connectivity index (χ2v) is 8.90. The summed E-state index contributed by atoms with van der Waals surface area (Å²) in [6.45, 7) is 2.11. The summed E-state index contributed by atoms with van der Waals surface area (Å²) in [5, 5.41) is 0. The maximum Gasteiger partial charge on any atom is 0.242 e.